The van der Waals surface area contributed by atoms with Crippen LogP contribution in [0.15, 0.2) is 22.7 Å². The Balaban J connectivity index is 1.38. The number of nitrogens with zero attached hydrogens (tertiary/aromatic N) is 3. The number of hydrogen-bond acceptors (Lipinski definition) is 6. The molecule has 1 saturated carbocycles. The van der Waals surface area contributed by atoms with Crippen molar-refractivity contribution in [2.75, 3.05) is 13.2 Å². The first-order chi connectivity index (χ1) is 12.7. The zero-order chi connectivity index (χ0) is 17.9. The summed E-state index contributed by atoms with van der Waals surface area (Å²) in [4.78, 5) is 13.7. The number of rotatable bonds is 8. The number of hydrogen-bond donors (Lipinski definition) is 1. The lowest BCUT2D eigenvalue weighted by Gasteiger charge is -2.15. The Kier molecular flexibility index (Phi) is 5.61. The maximum Gasteiger partial charge on any atom is 0.233 e. The van der Waals surface area contributed by atoms with Gasteiger partial charge in [-0.05, 0) is 44.1 Å². The van der Waals surface area contributed by atoms with Crippen molar-refractivity contribution in [3.63, 3.8) is 0 Å². The molecule has 0 unspecified atom stereocenters. The standard InChI is InChI=1S/C18H24N4O2S2/c1-12(17(23)19-11-14-4-2-8-24-14)26-18-21-20-16(22(18)13-6-7-13)10-15-5-3-9-25-15/h3,5,9,12-14H,2,4,6-8,10-11H2,1H3,(H,19,23)/t12-,14-/m1/s1. The maximum atomic E-state index is 12.4. The molecular weight excluding hydrogens is 368 g/mol. The molecule has 2 atom stereocenters. The number of ether oxygens (including phenoxy) is 1. The Morgan fingerprint density at radius 1 is 1.46 bits per heavy atom. The molecule has 3 heterocycles. The number of thioether (sulfide) groups is 1. The van der Waals surface area contributed by atoms with E-state index in [2.05, 4.69) is 37.6 Å². The van der Waals surface area contributed by atoms with Crippen molar-refractivity contribution in [2.24, 2.45) is 0 Å². The van der Waals surface area contributed by atoms with Crippen LogP contribution in [-0.4, -0.2) is 45.2 Å². The smallest absolute Gasteiger partial charge is 0.233 e. The molecule has 1 N–H and O–H groups in total. The van der Waals surface area contributed by atoms with E-state index in [-0.39, 0.29) is 17.3 Å². The van der Waals surface area contributed by atoms with Crippen LogP contribution in [0.5, 0.6) is 0 Å². The lowest BCUT2D eigenvalue weighted by Crippen LogP contribution is -2.36. The number of carbonyl (C=O) groups excluding carboxylic acids is 1. The second-order valence-electron chi connectivity index (χ2n) is 6.90. The molecule has 0 bridgehead atoms. The summed E-state index contributed by atoms with van der Waals surface area (Å²) in [5, 5.41) is 14.6. The van der Waals surface area contributed by atoms with Gasteiger partial charge in [0.1, 0.15) is 5.82 Å². The molecule has 1 amide bonds. The Morgan fingerprint density at radius 3 is 3.04 bits per heavy atom. The summed E-state index contributed by atoms with van der Waals surface area (Å²) in [7, 11) is 0. The maximum absolute atomic E-state index is 12.4. The fraction of sp³-hybridized carbons (Fsp3) is 0.611. The molecule has 8 heteroatoms. The van der Waals surface area contributed by atoms with Gasteiger partial charge in [-0.1, -0.05) is 17.8 Å². The normalized spacial score (nSPS) is 21.0. The Bertz CT molecular complexity index is 736. The van der Waals surface area contributed by atoms with Gasteiger partial charge in [0.2, 0.25) is 5.91 Å². The van der Waals surface area contributed by atoms with Gasteiger partial charge in [-0.3, -0.25) is 4.79 Å². The van der Waals surface area contributed by atoms with E-state index in [1.807, 2.05) is 6.92 Å². The van der Waals surface area contributed by atoms with Crippen LogP contribution in [0.4, 0.5) is 0 Å². The quantitative estimate of drug-likeness (QED) is 0.700. The van der Waals surface area contributed by atoms with Crippen LogP contribution >= 0.6 is 23.1 Å². The first-order valence-electron chi connectivity index (χ1n) is 9.23. The number of amides is 1. The van der Waals surface area contributed by atoms with Gasteiger partial charge in [0.05, 0.1) is 11.4 Å². The Labute approximate surface area is 161 Å². The van der Waals surface area contributed by atoms with Crippen LogP contribution in [0, 0.1) is 0 Å². The summed E-state index contributed by atoms with van der Waals surface area (Å²) in [5.41, 5.74) is 0. The first kappa shape index (κ1) is 18.0. The third-order valence-corrected chi connectivity index (χ3v) is 6.67. The molecule has 1 saturated heterocycles. The second kappa shape index (κ2) is 8.10. The molecule has 4 rings (SSSR count). The van der Waals surface area contributed by atoms with Crippen LogP contribution in [0.1, 0.15) is 49.4 Å². The summed E-state index contributed by atoms with van der Waals surface area (Å²) in [6, 6.07) is 4.68. The lowest BCUT2D eigenvalue weighted by molar-refractivity contribution is -0.120. The van der Waals surface area contributed by atoms with E-state index in [4.69, 9.17) is 4.74 Å². The van der Waals surface area contributed by atoms with Crippen LogP contribution < -0.4 is 5.32 Å². The van der Waals surface area contributed by atoms with Crippen LogP contribution in [-0.2, 0) is 16.0 Å². The predicted octanol–water partition coefficient (Wildman–Crippen LogP) is 3.04. The zero-order valence-corrected chi connectivity index (χ0v) is 16.5. The van der Waals surface area contributed by atoms with E-state index in [0.717, 1.165) is 36.9 Å². The largest absolute Gasteiger partial charge is 0.376 e. The third-order valence-electron chi connectivity index (χ3n) is 4.74. The molecule has 2 aromatic rings. The van der Waals surface area contributed by atoms with Gasteiger partial charge in [-0.25, -0.2) is 0 Å². The zero-order valence-electron chi connectivity index (χ0n) is 14.9. The highest BCUT2D eigenvalue weighted by Gasteiger charge is 2.31. The number of aromatic nitrogens is 3. The van der Waals surface area contributed by atoms with Gasteiger partial charge in [0.25, 0.3) is 0 Å². The van der Waals surface area contributed by atoms with Crippen LogP contribution in [0.2, 0.25) is 0 Å². The topological polar surface area (TPSA) is 69.0 Å². The minimum absolute atomic E-state index is 0.0376. The molecule has 2 aromatic heterocycles. The third kappa shape index (κ3) is 4.29. The van der Waals surface area contributed by atoms with Crippen molar-refractivity contribution in [3.8, 4) is 0 Å². The van der Waals surface area contributed by atoms with Crippen LogP contribution in [0.3, 0.4) is 0 Å². The predicted molar refractivity (Wildman–Crippen MR) is 103 cm³/mol. The molecule has 6 nitrogen and oxygen atoms in total. The molecule has 0 aromatic carbocycles. The first-order valence-corrected chi connectivity index (χ1v) is 11.0. The average molecular weight is 393 g/mol. The molecule has 26 heavy (non-hydrogen) atoms. The molecule has 2 aliphatic rings. The van der Waals surface area contributed by atoms with Crippen molar-refractivity contribution in [2.45, 2.75) is 61.6 Å². The summed E-state index contributed by atoms with van der Waals surface area (Å²) in [6.45, 7) is 3.34. The highest BCUT2D eigenvalue weighted by molar-refractivity contribution is 8.00. The highest BCUT2D eigenvalue weighted by Crippen LogP contribution is 2.40. The van der Waals surface area contributed by atoms with E-state index < -0.39 is 0 Å². The Morgan fingerprint density at radius 2 is 2.35 bits per heavy atom. The van der Waals surface area contributed by atoms with E-state index in [1.54, 1.807) is 11.3 Å². The van der Waals surface area contributed by atoms with Gasteiger partial charge in [0, 0.05) is 30.5 Å². The highest BCUT2D eigenvalue weighted by atomic mass is 32.2. The van der Waals surface area contributed by atoms with E-state index >= 15 is 0 Å². The minimum atomic E-state index is -0.201. The molecule has 0 spiro atoms. The van der Waals surface area contributed by atoms with Crippen molar-refractivity contribution in [1.82, 2.24) is 20.1 Å². The molecule has 2 fully saturated rings. The fourth-order valence-corrected chi connectivity index (χ4v) is 4.82. The summed E-state index contributed by atoms with van der Waals surface area (Å²) < 4.78 is 7.81. The van der Waals surface area contributed by atoms with Gasteiger partial charge in [-0.15, -0.1) is 21.5 Å². The van der Waals surface area contributed by atoms with Gasteiger partial charge >= 0.3 is 0 Å². The molecule has 140 valence electrons. The lowest BCUT2D eigenvalue weighted by atomic mass is 10.2. The van der Waals surface area contributed by atoms with Gasteiger partial charge < -0.3 is 14.6 Å². The van der Waals surface area contributed by atoms with Gasteiger partial charge in [0.15, 0.2) is 5.16 Å². The fourth-order valence-electron chi connectivity index (χ4n) is 3.15. The minimum Gasteiger partial charge on any atom is -0.376 e. The van der Waals surface area contributed by atoms with Crippen LogP contribution in [0.25, 0.3) is 0 Å². The number of nitrogens with one attached hydrogen (secondary N) is 1. The monoisotopic (exact) mass is 392 g/mol. The average Bonchev–Trinajstić information content (AvgIpc) is 3.06. The van der Waals surface area contributed by atoms with Gasteiger partial charge in [-0.2, -0.15) is 0 Å². The number of carbonyl (C=O) groups is 1. The summed E-state index contributed by atoms with van der Waals surface area (Å²) in [6.07, 6.45) is 5.43. The summed E-state index contributed by atoms with van der Waals surface area (Å²) >= 11 is 3.24. The van der Waals surface area contributed by atoms with Crippen molar-refractivity contribution in [3.05, 3.63) is 28.2 Å². The van der Waals surface area contributed by atoms with E-state index in [0.29, 0.717) is 12.6 Å². The molecule has 0 radical (unpaired) electrons. The second-order valence-corrected chi connectivity index (χ2v) is 9.24. The van der Waals surface area contributed by atoms with E-state index in [9.17, 15) is 4.79 Å². The van der Waals surface area contributed by atoms with Crippen molar-refractivity contribution >= 4 is 29.0 Å². The van der Waals surface area contributed by atoms with Crippen molar-refractivity contribution < 1.29 is 9.53 Å². The Hall–Kier alpha value is -1.38. The van der Waals surface area contributed by atoms with Crippen molar-refractivity contribution in [1.29, 1.82) is 0 Å². The number of thiophene rings is 1. The molecule has 1 aliphatic heterocycles. The van der Waals surface area contributed by atoms with E-state index in [1.165, 1.54) is 29.5 Å². The summed E-state index contributed by atoms with van der Waals surface area (Å²) in [5.74, 6) is 1.04. The molecular formula is C18H24N4O2S2. The molecule has 1 aliphatic carbocycles. The SMILES string of the molecule is C[C@@H](Sc1nnc(Cc2cccs2)n1C1CC1)C(=O)NC[C@H]1CCCO1.